The third-order valence-electron chi connectivity index (χ3n) is 4.08. The Morgan fingerprint density at radius 3 is 2.57 bits per heavy atom. The molecule has 1 aliphatic heterocycles. The van der Waals surface area contributed by atoms with Gasteiger partial charge >= 0.3 is 0 Å². The maximum absolute atomic E-state index is 12.1. The number of halogens is 1. The van der Waals surface area contributed by atoms with E-state index >= 15 is 0 Å². The van der Waals surface area contributed by atoms with Gasteiger partial charge in [-0.05, 0) is 37.5 Å². The number of aliphatic hydroxyl groups excluding tert-OH is 1. The highest BCUT2D eigenvalue weighted by Crippen LogP contribution is 2.19. The molecule has 2 rings (SSSR count). The van der Waals surface area contributed by atoms with Crippen molar-refractivity contribution in [3.63, 3.8) is 0 Å². The number of nitrogens with one attached hydrogen (secondary N) is 1. The summed E-state index contributed by atoms with van der Waals surface area (Å²) in [6.45, 7) is 8.84. The molecule has 0 saturated carbocycles. The summed E-state index contributed by atoms with van der Waals surface area (Å²) in [6.07, 6.45) is 1.16. The second-order valence-electron chi connectivity index (χ2n) is 6.35. The van der Waals surface area contributed by atoms with Crippen LogP contribution >= 0.6 is 11.6 Å². The molecule has 1 amide bonds. The van der Waals surface area contributed by atoms with Crippen molar-refractivity contribution in [3.8, 4) is 0 Å². The summed E-state index contributed by atoms with van der Waals surface area (Å²) in [4.78, 5) is 14.5. The first kappa shape index (κ1) is 18.0. The normalized spacial score (nSPS) is 17.7. The zero-order chi connectivity index (χ0) is 16.8. The van der Waals surface area contributed by atoms with Crippen molar-refractivity contribution in [2.75, 3.05) is 19.6 Å². The fraction of sp³-hybridized carbons (Fsp3) is 0.500. The Labute approximate surface area is 143 Å². The lowest BCUT2D eigenvalue weighted by atomic mass is 10.0. The molecule has 1 saturated heterocycles. The highest BCUT2D eigenvalue weighted by molar-refractivity contribution is 6.30. The number of likely N-dealkylation sites (tertiary alicyclic amines) is 1. The molecule has 1 atom stereocenters. The molecule has 1 aliphatic rings. The highest BCUT2D eigenvalue weighted by atomic mass is 35.5. The van der Waals surface area contributed by atoms with E-state index in [1.165, 1.54) is 5.57 Å². The van der Waals surface area contributed by atoms with Gasteiger partial charge in [0.05, 0.1) is 12.5 Å². The van der Waals surface area contributed by atoms with E-state index in [0.717, 1.165) is 32.5 Å². The van der Waals surface area contributed by atoms with Crippen molar-refractivity contribution in [1.82, 2.24) is 10.2 Å². The second kappa shape index (κ2) is 8.48. The molecule has 0 bridgehead atoms. The van der Waals surface area contributed by atoms with Crippen LogP contribution in [0.3, 0.4) is 0 Å². The van der Waals surface area contributed by atoms with Crippen LogP contribution in [0.4, 0.5) is 0 Å². The minimum absolute atomic E-state index is 0.0770. The summed E-state index contributed by atoms with van der Waals surface area (Å²) in [6, 6.07) is 7.12. The SMILES string of the molecule is C=C(C)CN1CCC(NC(=O)CC(O)c2ccc(Cl)cc2)CC1. The van der Waals surface area contributed by atoms with Gasteiger partial charge in [-0.15, -0.1) is 0 Å². The van der Waals surface area contributed by atoms with Crippen LogP contribution < -0.4 is 5.32 Å². The molecule has 23 heavy (non-hydrogen) atoms. The number of piperidine rings is 1. The number of nitrogens with zero attached hydrogens (tertiary/aromatic N) is 1. The molecule has 4 nitrogen and oxygen atoms in total. The van der Waals surface area contributed by atoms with Gasteiger partial charge in [-0.25, -0.2) is 0 Å². The summed E-state index contributed by atoms with van der Waals surface area (Å²) in [5.74, 6) is -0.106. The van der Waals surface area contributed by atoms with Gasteiger partial charge in [-0.1, -0.05) is 35.9 Å². The molecule has 1 fully saturated rings. The standard InChI is InChI=1S/C18H25ClN2O2/c1-13(2)12-21-9-7-16(8-10-21)20-18(23)11-17(22)14-3-5-15(19)6-4-14/h3-6,16-17,22H,1,7-12H2,2H3,(H,20,23). The summed E-state index contributed by atoms with van der Waals surface area (Å²) in [5.41, 5.74) is 1.87. The third kappa shape index (κ3) is 5.98. The van der Waals surface area contributed by atoms with Gasteiger partial charge in [-0.3, -0.25) is 9.69 Å². The zero-order valence-electron chi connectivity index (χ0n) is 13.6. The maximum Gasteiger partial charge on any atom is 0.223 e. The molecule has 0 aromatic heterocycles. The van der Waals surface area contributed by atoms with E-state index in [0.29, 0.717) is 10.6 Å². The Kier molecular flexibility index (Phi) is 6.63. The van der Waals surface area contributed by atoms with Crippen LogP contribution in [0.25, 0.3) is 0 Å². The molecule has 0 aliphatic carbocycles. The van der Waals surface area contributed by atoms with Gasteiger partial charge in [0, 0.05) is 30.7 Å². The Hall–Kier alpha value is -1.36. The second-order valence-corrected chi connectivity index (χ2v) is 6.78. The van der Waals surface area contributed by atoms with E-state index in [1.54, 1.807) is 24.3 Å². The number of benzene rings is 1. The van der Waals surface area contributed by atoms with Gasteiger partial charge in [0.1, 0.15) is 0 Å². The smallest absolute Gasteiger partial charge is 0.223 e. The van der Waals surface area contributed by atoms with Gasteiger partial charge in [0.2, 0.25) is 5.91 Å². The molecule has 0 spiro atoms. The summed E-state index contributed by atoms with van der Waals surface area (Å²) in [7, 11) is 0. The molecule has 126 valence electrons. The van der Waals surface area contributed by atoms with Crippen molar-refractivity contribution in [1.29, 1.82) is 0 Å². The summed E-state index contributed by atoms with van der Waals surface area (Å²) < 4.78 is 0. The van der Waals surface area contributed by atoms with Crippen molar-refractivity contribution in [2.24, 2.45) is 0 Å². The monoisotopic (exact) mass is 336 g/mol. The average Bonchev–Trinajstić information content (AvgIpc) is 2.49. The van der Waals surface area contributed by atoms with E-state index in [4.69, 9.17) is 11.6 Å². The minimum atomic E-state index is -0.796. The quantitative estimate of drug-likeness (QED) is 0.785. The molecular weight excluding hydrogens is 312 g/mol. The number of hydrogen-bond acceptors (Lipinski definition) is 3. The topological polar surface area (TPSA) is 52.6 Å². The Morgan fingerprint density at radius 1 is 1.39 bits per heavy atom. The van der Waals surface area contributed by atoms with Crippen molar-refractivity contribution >= 4 is 17.5 Å². The van der Waals surface area contributed by atoms with E-state index in [9.17, 15) is 9.90 Å². The van der Waals surface area contributed by atoms with Crippen LogP contribution in [-0.2, 0) is 4.79 Å². The Morgan fingerprint density at radius 2 is 2.00 bits per heavy atom. The minimum Gasteiger partial charge on any atom is -0.388 e. The Balaban J connectivity index is 1.75. The Bertz CT molecular complexity index is 536. The number of carbonyl (C=O) groups is 1. The number of carbonyl (C=O) groups excluding carboxylic acids is 1. The third-order valence-corrected chi connectivity index (χ3v) is 4.33. The lowest BCUT2D eigenvalue weighted by Gasteiger charge is -2.32. The molecule has 2 N–H and O–H groups in total. The maximum atomic E-state index is 12.1. The number of rotatable bonds is 6. The van der Waals surface area contributed by atoms with Gasteiger partial charge in [0.25, 0.3) is 0 Å². The number of amides is 1. The molecule has 0 radical (unpaired) electrons. The fourth-order valence-electron chi connectivity index (χ4n) is 2.88. The van der Waals surface area contributed by atoms with Gasteiger partial charge < -0.3 is 10.4 Å². The van der Waals surface area contributed by atoms with E-state index < -0.39 is 6.10 Å². The first-order valence-corrected chi connectivity index (χ1v) is 8.41. The first-order chi connectivity index (χ1) is 10.9. The number of hydrogen-bond donors (Lipinski definition) is 2. The molecule has 1 heterocycles. The van der Waals surface area contributed by atoms with E-state index in [-0.39, 0.29) is 18.4 Å². The summed E-state index contributed by atoms with van der Waals surface area (Å²) in [5, 5.41) is 13.8. The molecule has 1 aromatic carbocycles. The highest BCUT2D eigenvalue weighted by Gasteiger charge is 2.21. The lowest BCUT2D eigenvalue weighted by molar-refractivity contribution is -0.124. The van der Waals surface area contributed by atoms with E-state index in [1.807, 2.05) is 6.92 Å². The largest absolute Gasteiger partial charge is 0.388 e. The summed E-state index contributed by atoms with van der Waals surface area (Å²) >= 11 is 5.82. The van der Waals surface area contributed by atoms with Crippen LogP contribution in [0.5, 0.6) is 0 Å². The molecular formula is C18H25ClN2O2. The zero-order valence-corrected chi connectivity index (χ0v) is 14.4. The van der Waals surface area contributed by atoms with Gasteiger partial charge in [0.15, 0.2) is 0 Å². The van der Waals surface area contributed by atoms with Crippen LogP contribution in [-0.4, -0.2) is 41.6 Å². The predicted molar refractivity (Wildman–Crippen MR) is 93.4 cm³/mol. The van der Waals surface area contributed by atoms with Crippen LogP contribution in [0.2, 0.25) is 5.02 Å². The molecule has 5 heteroatoms. The lowest BCUT2D eigenvalue weighted by Crippen LogP contribution is -2.45. The van der Waals surface area contributed by atoms with Gasteiger partial charge in [-0.2, -0.15) is 0 Å². The predicted octanol–water partition coefficient (Wildman–Crippen LogP) is 2.92. The van der Waals surface area contributed by atoms with Crippen LogP contribution in [0.15, 0.2) is 36.4 Å². The number of aliphatic hydroxyl groups is 1. The first-order valence-electron chi connectivity index (χ1n) is 8.03. The molecule has 1 aromatic rings. The van der Waals surface area contributed by atoms with Crippen molar-refractivity contribution in [2.45, 2.75) is 38.3 Å². The fourth-order valence-corrected chi connectivity index (χ4v) is 3.01. The molecule has 1 unspecified atom stereocenters. The van der Waals surface area contributed by atoms with Crippen LogP contribution in [0, 0.1) is 0 Å². The van der Waals surface area contributed by atoms with Crippen LogP contribution in [0.1, 0.15) is 37.9 Å². The van der Waals surface area contributed by atoms with Crippen molar-refractivity contribution in [3.05, 3.63) is 47.0 Å². The average molecular weight is 337 g/mol. The van der Waals surface area contributed by atoms with Crippen molar-refractivity contribution < 1.29 is 9.90 Å². The van der Waals surface area contributed by atoms with E-state index in [2.05, 4.69) is 16.8 Å².